The van der Waals surface area contributed by atoms with Crippen LogP contribution in [0.1, 0.15) is 17.1 Å². The van der Waals surface area contributed by atoms with Crippen molar-refractivity contribution in [1.29, 1.82) is 0 Å². The van der Waals surface area contributed by atoms with E-state index >= 15 is 0 Å². The third kappa shape index (κ3) is 3.95. The van der Waals surface area contributed by atoms with Crippen LogP contribution in [0.2, 0.25) is 0 Å². The zero-order valence-corrected chi connectivity index (χ0v) is 13.4. The van der Waals surface area contributed by atoms with Crippen molar-refractivity contribution in [2.24, 2.45) is 10.3 Å². The van der Waals surface area contributed by atoms with Crippen molar-refractivity contribution < 1.29 is 21.3 Å². The normalized spacial score (nSPS) is 12.5. The molecule has 2 rings (SSSR count). The average molecular weight is 344 g/mol. The first kappa shape index (κ1) is 16.7. The Morgan fingerprint density at radius 2 is 1.64 bits per heavy atom. The van der Waals surface area contributed by atoms with Gasteiger partial charge < -0.3 is 4.42 Å². The van der Waals surface area contributed by atoms with E-state index in [9.17, 15) is 16.8 Å². The fourth-order valence-corrected chi connectivity index (χ4v) is 3.43. The van der Waals surface area contributed by atoms with Gasteiger partial charge in [0.15, 0.2) is 0 Å². The number of nitrogens with two attached hydrogens (primary N) is 2. The Labute approximate surface area is 129 Å². The van der Waals surface area contributed by atoms with Gasteiger partial charge >= 0.3 is 0 Å². The number of primary sulfonamides is 2. The average Bonchev–Trinajstić information content (AvgIpc) is 2.79. The van der Waals surface area contributed by atoms with Gasteiger partial charge in [-0.1, -0.05) is 0 Å². The van der Waals surface area contributed by atoms with Crippen LogP contribution in [0.25, 0.3) is 0 Å². The molecule has 1 aromatic carbocycles. The molecule has 22 heavy (non-hydrogen) atoms. The molecule has 0 amide bonds. The Morgan fingerprint density at radius 1 is 0.955 bits per heavy atom. The first-order valence-corrected chi connectivity index (χ1v) is 9.40. The van der Waals surface area contributed by atoms with Crippen LogP contribution in [0.3, 0.4) is 0 Å². The van der Waals surface area contributed by atoms with Gasteiger partial charge in [0, 0.05) is 6.42 Å². The maximum atomic E-state index is 11.6. The van der Waals surface area contributed by atoms with Crippen LogP contribution in [-0.4, -0.2) is 16.8 Å². The quantitative estimate of drug-likeness (QED) is 0.822. The van der Waals surface area contributed by atoms with E-state index in [1.807, 2.05) is 0 Å². The Hall–Kier alpha value is -1.68. The van der Waals surface area contributed by atoms with E-state index in [1.165, 1.54) is 6.07 Å². The van der Waals surface area contributed by atoms with Gasteiger partial charge in [0.1, 0.15) is 11.5 Å². The second kappa shape index (κ2) is 5.84. The van der Waals surface area contributed by atoms with Crippen molar-refractivity contribution >= 4 is 20.0 Å². The second-order valence-corrected chi connectivity index (χ2v) is 7.96. The SMILES string of the molecule is Cc1ccc(CCc2cc(S(N)(=O)=O)ccc2S(N)(=O)=O)o1. The lowest BCUT2D eigenvalue weighted by Crippen LogP contribution is -2.17. The Bertz CT molecular complexity index is 898. The Kier molecular flexibility index (Phi) is 4.43. The summed E-state index contributed by atoms with van der Waals surface area (Å²) in [5.74, 6) is 1.40. The zero-order valence-electron chi connectivity index (χ0n) is 11.8. The fourth-order valence-electron chi connectivity index (χ4n) is 2.08. The predicted molar refractivity (Wildman–Crippen MR) is 80.0 cm³/mol. The molecular formula is C13H16N2O5S2. The molecule has 0 aliphatic carbocycles. The van der Waals surface area contributed by atoms with Crippen molar-refractivity contribution in [2.75, 3.05) is 0 Å². The van der Waals surface area contributed by atoms with Crippen molar-refractivity contribution in [3.63, 3.8) is 0 Å². The molecule has 0 aliphatic rings. The van der Waals surface area contributed by atoms with Gasteiger partial charge in [-0.15, -0.1) is 0 Å². The number of hydrogen-bond acceptors (Lipinski definition) is 5. The minimum absolute atomic E-state index is 0.122. The highest BCUT2D eigenvalue weighted by atomic mass is 32.2. The first-order chi connectivity index (χ1) is 10.1. The molecule has 7 nitrogen and oxygen atoms in total. The van der Waals surface area contributed by atoms with Gasteiger partial charge in [0.25, 0.3) is 0 Å². The van der Waals surface area contributed by atoms with Crippen LogP contribution in [0, 0.1) is 6.92 Å². The van der Waals surface area contributed by atoms with Crippen LogP contribution in [0.4, 0.5) is 0 Å². The highest BCUT2D eigenvalue weighted by Crippen LogP contribution is 2.21. The summed E-state index contributed by atoms with van der Waals surface area (Å²) in [7, 11) is -7.89. The highest BCUT2D eigenvalue weighted by molar-refractivity contribution is 7.89. The molecule has 4 N–H and O–H groups in total. The second-order valence-electron chi connectivity index (χ2n) is 4.87. The van der Waals surface area contributed by atoms with Gasteiger partial charge in [-0.2, -0.15) is 0 Å². The summed E-state index contributed by atoms with van der Waals surface area (Å²) in [4.78, 5) is -0.284. The first-order valence-electron chi connectivity index (χ1n) is 6.31. The van der Waals surface area contributed by atoms with Gasteiger partial charge in [-0.3, -0.25) is 0 Å². The minimum Gasteiger partial charge on any atom is -0.466 e. The van der Waals surface area contributed by atoms with Crippen molar-refractivity contribution in [3.05, 3.63) is 47.4 Å². The lowest BCUT2D eigenvalue weighted by atomic mass is 10.1. The topological polar surface area (TPSA) is 133 Å². The van der Waals surface area contributed by atoms with Crippen LogP contribution in [-0.2, 0) is 32.9 Å². The van der Waals surface area contributed by atoms with E-state index in [2.05, 4.69) is 0 Å². The van der Waals surface area contributed by atoms with Gasteiger partial charge in [-0.05, 0) is 49.2 Å². The van der Waals surface area contributed by atoms with E-state index in [4.69, 9.17) is 14.7 Å². The largest absolute Gasteiger partial charge is 0.466 e. The van der Waals surface area contributed by atoms with Crippen molar-refractivity contribution in [3.8, 4) is 0 Å². The molecule has 0 saturated carbocycles. The summed E-state index contributed by atoms with van der Waals surface area (Å²) in [6, 6.07) is 7.06. The molecule has 0 saturated heterocycles. The molecule has 120 valence electrons. The lowest BCUT2D eigenvalue weighted by molar-refractivity contribution is 0.482. The summed E-state index contributed by atoms with van der Waals surface area (Å²) in [6.45, 7) is 1.79. The third-order valence-electron chi connectivity index (χ3n) is 3.10. The number of aryl methyl sites for hydroxylation is 3. The lowest BCUT2D eigenvalue weighted by Gasteiger charge is -2.09. The van der Waals surface area contributed by atoms with Crippen LogP contribution < -0.4 is 10.3 Å². The van der Waals surface area contributed by atoms with Gasteiger partial charge in [0.2, 0.25) is 20.0 Å². The molecule has 0 radical (unpaired) electrons. The highest BCUT2D eigenvalue weighted by Gasteiger charge is 2.18. The Morgan fingerprint density at radius 3 is 2.14 bits per heavy atom. The van der Waals surface area contributed by atoms with Crippen molar-refractivity contribution in [2.45, 2.75) is 29.6 Å². The van der Waals surface area contributed by atoms with Crippen molar-refractivity contribution in [1.82, 2.24) is 0 Å². The molecule has 2 aromatic rings. The van der Waals surface area contributed by atoms with Crippen LogP contribution in [0.15, 0.2) is 44.5 Å². The van der Waals surface area contributed by atoms with E-state index in [-0.39, 0.29) is 21.8 Å². The number of furan rings is 1. The maximum absolute atomic E-state index is 11.6. The predicted octanol–water partition coefficient (Wildman–Crippen LogP) is 0.668. The number of hydrogen-bond donors (Lipinski definition) is 2. The van der Waals surface area contributed by atoms with Crippen LogP contribution >= 0.6 is 0 Å². The fraction of sp³-hybridized carbons (Fsp3) is 0.231. The Balaban J connectivity index is 2.41. The molecule has 1 aromatic heterocycles. The van der Waals surface area contributed by atoms with Gasteiger partial charge in [0.05, 0.1) is 9.79 Å². The monoisotopic (exact) mass is 344 g/mol. The molecule has 0 unspecified atom stereocenters. The molecule has 1 heterocycles. The molecule has 9 heteroatoms. The van der Waals surface area contributed by atoms with E-state index in [0.717, 1.165) is 17.9 Å². The molecule has 0 bridgehead atoms. The third-order valence-corrected chi connectivity index (χ3v) is 5.03. The summed E-state index contributed by atoms with van der Waals surface area (Å²) < 4.78 is 51.4. The van der Waals surface area contributed by atoms with Crippen LogP contribution in [0.5, 0.6) is 0 Å². The molecular weight excluding hydrogens is 328 g/mol. The molecule has 0 spiro atoms. The van der Waals surface area contributed by atoms with E-state index in [0.29, 0.717) is 12.2 Å². The standard InChI is InChI=1S/C13H16N2O5S2/c1-9-2-4-11(20-9)5-3-10-8-12(21(14,16)17)6-7-13(10)22(15,18)19/h2,4,6-8H,3,5H2,1H3,(H2,14,16,17)(H2,15,18,19). The minimum atomic E-state index is -3.96. The number of sulfonamides is 2. The van der Waals surface area contributed by atoms with E-state index < -0.39 is 20.0 Å². The maximum Gasteiger partial charge on any atom is 0.238 e. The van der Waals surface area contributed by atoms with Gasteiger partial charge in [-0.25, -0.2) is 27.1 Å². The summed E-state index contributed by atoms with van der Waals surface area (Å²) in [5.41, 5.74) is 0.281. The summed E-state index contributed by atoms with van der Waals surface area (Å²) in [5, 5.41) is 10.2. The summed E-state index contributed by atoms with van der Waals surface area (Å²) in [6.07, 6.45) is 0.659. The summed E-state index contributed by atoms with van der Waals surface area (Å²) >= 11 is 0. The van der Waals surface area contributed by atoms with E-state index in [1.54, 1.807) is 19.1 Å². The number of benzene rings is 1. The number of rotatable bonds is 5. The molecule has 0 aliphatic heterocycles. The molecule has 0 fully saturated rings. The smallest absolute Gasteiger partial charge is 0.238 e. The molecule has 0 atom stereocenters. The zero-order chi connectivity index (χ0) is 16.5.